The van der Waals surface area contributed by atoms with Gasteiger partial charge < -0.3 is 20.1 Å². The number of carbonyl (C=O) groups is 2. The van der Waals surface area contributed by atoms with Crippen LogP contribution in [0, 0.1) is 0 Å². The summed E-state index contributed by atoms with van der Waals surface area (Å²) in [6.45, 7) is 1.24. The van der Waals surface area contributed by atoms with E-state index >= 15 is 0 Å². The smallest absolute Gasteiger partial charge is 0.335 e. The second-order valence-electron chi connectivity index (χ2n) is 4.27. The first kappa shape index (κ1) is 15.0. The van der Waals surface area contributed by atoms with Gasteiger partial charge in [-0.25, -0.2) is 4.79 Å². The van der Waals surface area contributed by atoms with Crippen LogP contribution in [0.3, 0.4) is 0 Å². The molecule has 0 atom stereocenters. The minimum Gasteiger partial charge on any atom is -0.484 e. The summed E-state index contributed by atoms with van der Waals surface area (Å²) in [5, 5.41) is 11.4. The fraction of sp³-hybridized carbons (Fsp3) is 0.385. The highest BCUT2D eigenvalue weighted by Crippen LogP contribution is 2.11. The van der Waals surface area contributed by atoms with Crippen LogP contribution in [-0.2, 0) is 4.79 Å². The molecule has 6 heteroatoms. The third kappa shape index (κ3) is 5.87. The van der Waals surface area contributed by atoms with Crippen LogP contribution in [0.4, 0.5) is 0 Å². The van der Waals surface area contributed by atoms with Crippen molar-refractivity contribution < 1.29 is 19.4 Å². The number of carboxylic acids is 1. The van der Waals surface area contributed by atoms with E-state index in [0.717, 1.165) is 6.54 Å². The lowest BCUT2D eigenvalue weighted by Crippen LogP contribution is -2.34. The zero-order valence-corrected chi connectivity index (χ0v) is 11.0. The standard InChI is InChI=1S/C13H18N2O4/c1-15(2)8-7-14-12(16)9-19-11-5-3-10(4-6-11)13(17)18/h3-6H,7-9H2,1-2H3,(H,14,16)(H,17,18). The zero-order valence-electron chi connectivity index (χ0n) is 11.0. The molecule has 0 saturated carbocycles. The maximum atomic E-state index is 11.4. The van der Waals surface area contributed by atoms with Gasteiger partial charge >= 0.3 is 5.97 Å². The Morgan fingerprint density at radius 3 is 2.42 bits per heavy atom. The normalized spacial score (nSPS) is 10.3. The Bertz CT molecular complexity index is 429. The number of carboxylic acid groups (broad SMARTS) is 1. The van der Waals surface area contributed by atoms with Crippen molar-refractivity contribution in [1.82, 2.24) is 10.2 Å². The van der Waals surface area contributed by atoms with Crippen molar-refractivity contribution >= 4 is 11.9 Å². The summed E-state index contributed by atoms with van der Waals surface area (Å²) in [7, 11) is 3.85. The molecule has 1 amide bonds. The van der Waals surface area contributed by atoms with Crippen LogP contribution in [0.5, 0.6) is 5.75 Å². The largest absolute Gasteiger partial charge is 0.484 e. The molecule has 2 N–H and O–H groups in total. The second kappa shape index (κ2) is 7.38. The summed E-state index contributed by atoms with van der Waals surface area (Å²) in [6.07, 6.45) is 0. The van der Waals surface area contributed by atoms with Crippen molar-refractivity contribution in [3.8, 4) is 5.75 Å². The molecule has 0 fully saturated rings. The third-order valence-corrected chi connectivity index (χ3v) is 2.35. The number of hydrogen-bond donors (Lipinski definition) is 2. The molecule has 0 saturated heterocycles. The fourth-order valence-electron chi connectivity index (χ4n) is 1.31. The van der Waals surface area contributed by atoms with Gasteiger partial charge in [-0.1, -0.05) is 0 Å². The molecule has 0 spiro atoms. The zero-order chi connectivity index (χ0) is 14.3. The summed E-state index contributed by atoms with van der Waals surface area (Å²) < 4.78 is 5.24. The van der Waals surface area contributed by atoms with Gasteiger partial charge in [-0.2, -0.15) is 0 Å². The van der Waals surface area contributed by atoms with Gasteiger partial charge in [0.25, 0.3) is 5.91 Å². The highest BCUT2D eigenvalue weighted by Gasteiger charge is 2.04. The van der Waals surface area contributed by atoms with Crippen LogP contribution < -0.4 is 10.1 Å². The van der Waals surface area contributed by atoms with Gasteiger partial charge in [0.2, 0.25) is 0 Å². The van der Waals surface area contributed by atoms with Crippen molar-refractivity contribution in [2.45, 2.75) is 0 Å². The van der Waals surface area contributed by atoms with Crippen molar-refractivity contribution in [1.29, 1.82) is 0 Å². The number of rotatable bonds is 7. The molecule has 0 unspecified atom stereocenters. The first-order valence-electron chi connectivity index (χ1n) is 5.86. The van der Waals surface area contributed by atoms with Gasteiger partial charge in [0.15, 0.2) is 6.61 Å². The number of benzene rings is 1. The maximum absolute atomic E-state index is 11.4. The first-order valence-corrected chi connectivity index (χ1v) is 5.86. The Morgan fingerprint density at radius 1 is 1.26 bits per heavy atom. The number of amides is 1. The molecule has 6 nitrogen and oxygen atoms in total. The Kier molecular flexibility index (Phi) is 5.81. The van der Waals surface area contributed by atoms with E-state index in [4.69, 9.17) is 9.84 Å². The average Bonchev–Trinajstić information content (AvgIpc) is 2.36. The highest BCUT2D eigenvalue weighted by molar-refractivity contribution is 5.87. The van der Waals surface area contributed by atoms with Gasteiger partial charge in [-0.3, -0.25) is 4.79 Å². The topological polar surface area (TPSA) is 78.9 Å². The monoisotopic (exact) mass is 266 g/mol. The van der Waals surface area contributed by atoms with Gasteiger partial charge in [0, 0.05) is 13.1 Å². The van der Waals surface area contributed by atoms with Crippen LogP contribution >= 0.6 is 0 Å². The molecule has 1 aromatic carbocycles. The summed E-state index contributed by atoms with van der Waals surface area (Å²) in [5.41, 5.74) is 0.183. The molecule has 104 valence electrons. The van der Waals surface area contributed by atoms with Gasteiger partial charge in [0.1, 0.15) is 5.75 Å². The molecule has 0 radical (unpaired) electrons. The van der Waals surface area contributed by atoms with E-state index < -0.39 is 5.97 Å². The van der Waals surface area contributed by atoms with Crippen LogP contribution in [0.25, 0.3) is 0 Å². The molecule has 0 bridgehead atoms. The van der Waals surface area contributed by atoms with Crippen molar-refractivity contribution in [2.75, 3.05) is 33.8 Å². The van der Waals surface area contributed by atoms with Crippen molar-refractivity contribution in [2.24, 2.45) is 0 Å². The van der Waals surface area contributed by atoms with E-state index in [1.54, 1.807) is 0 Å². The lowest BCUT2D eigenvalue weighted by molar-refractivity contribution is -0.123. The molecule has 1 aromatic rings. The summed E-state index contributed by atoms with van der Waals surface area (Å²) in [5.74, 6) is -0.732. The summed E-state index contributed by atoms with van der Waals surface area (Å²) in [4.78, 5) is 24.0. The van der Waals surface area contributed by atoms with E-state index in [9.17, 15) is 9.59 Å². The molecular formula is C13H18N2O4. The number of carbonyl (C=O) groups excluding carboxylic acids is 1. The lowest BCUT2D eigenvalue weighted by atomic mass is 10.2. The molecule has 0 aromatic heterocycles. The van der Waals surface area contributed by atoms with Crippen LogP contribution in [-0.4, -0.2) is 55.7 Å². The SMILES string of the molecule is CN(C)CCNC(=O)COc1ccc(C(=O)O)cc1. The first-order chi connectivity index (χ1) is 8.99. The number of hydrogen-bond acceptors (Lipinski definition) is 4. The van der Waals surface area contributed by atoms with Crippen LogP contribution in [0.15, 0.2) is 24.3 Å². The third-order valence-electron chi connectivity index (χ3n) is 2.35. The fourth-order valence-corrected chi connectivity index (χ4v) is 1.31. The Labute approximate surface area is 112 Å². The van der Waals surface area contributed by atoms with E-state index in [1.165, 1.54) is 24.3 Å². The maximum Gasteiger partial charge on any atom is 0.335 e. The molecule has 0 aliphatic heterocycles. The minimum atomic E-state index is -0.993. The second-order valence-corrected chi connectivity index (χ2v) is 4.27. The van der Waals surface area contributed by atoms with E-state index in [0.29, 0.717) is 12.3 Å². The average molecular weight is 266 g/mol. The van der Waals surface area contributed by atoms with E-state index in [1.807, 2.05) is 19.0 Å². The molecule has 1 rings (SSSR count). The molecule has 19 heavy (non-hydrogen) atoms. The minimum absolute atomic E-state index is 0.0835. The van der Waals surface area contributed by atoms with Crippen LogP contribution in [0.2, 0.25) is 0 Å². The van der Waals surface area contributed by atoms with Gasteiger partial charge in [-0.15, -0.1) is 0 Å². The number of likely N-dealkylation sites (N-methyl/N-ethyl adjacent to an activating group) is 1. The summed E-state index contributed by atoms with van der Waals surface area (Å²) in [6, 6.07) is 5.91. The predicted molar refractivity (Wildman–Crippen MR) is 70.5 cm³/mol. The molecular weight excluding hydrogens is 248 g/mol. The number of ether oxygens (including phenoxy) is 1. The highest BCUT2D eigenvalue weighted by atomic mass is 16.5. The Balaban J connectivity index is 2.32. The molecule has 0 heterocycles. The Morgan fingerprint density at radius 2 is 1.89 bits per heavy atom. The summed E-state index contributed by atoms with van der Waals surface area (Å²) >= 11 is 0. The van der Waals surface area contributed by atoms with Crippen LogP contribution in [0.1, 0.15) is 10.4 Å². The van der Waals surface area contributed by atoms with Crippen molar-refractivity contribution in [3.05, 3.63) is 29.8 Å². The molecule has 0 aliphatic rings. The van der Waals surface area contributed by atoms with E-state index in [-0.39, 0.29) is 18.1 Å². The van der Waals surface area contributed by atoms with Gasteiger partial charge in [-0.05, 0) is 38.4 Å². The lowest BCUT2D eigenvalue weighted by Gasteiger charge is -2.11. The quantitative estimate of drug-likeness (QED) is 0.748. The van der Waals surface area contributed by atoms with Gasteiger partial charge in [0.05, 0.1) is 5.56 Å². The number of nitrogens with zero attached hydrogens (tertiary/aromatic N) is 1. The number of nitrogens with one attached hydrogen (secondary N) is 1. The van der Waals surface area contributed by atoms with E-state index in [2.05, 4.69) is 5.32 Å². The number of aromatic carboxylic acids is 1. The van der Waals surface area contributed by atoms with Crippen molar-refractivity contribution in [3.63, 3.8) is 0 Å². The Hall–Kier alpha value is -2.08. The molecule has 0 aliphatic carbocycles. The predicted octanol–water partition coefficient (Wildman–Crippen LogP) is 0.441.